The van der Waals surface area contributed by atoms with Gasteiger partial charge in [0.15, 0.2) is 0 Å². The summed E-state index contributed by atoms with van der Waals surface area (Å²) in [6.07, 6.45) is 5.78. The summed E-state index contributed by atoms with van der Waals surface area (Å²) in [4.78, 5) is 209. The molecule has 11 amide bonds. The molecule has 2 aromatic carbocycles. The van der Waals surface area contributed by atoms with E-state index in [1.54, 1.807) is 77.8 Å². The molecule has 38 heteroatoms. The van der Waals surface area contributed by atoms with E-state index in [0.29, 0.717) is 27.9 Å². The van der Waals surface area contributed by atoms with Crippen LogP contribution in [0, 0.1) is 11.8 Å². The number of benzene rings is 2. The van der Waals surface area contributed by atoms with Crippen molar-refractivity contribution in [2.75, 3.05) is 109 Å². The zero-order chi connectivity index (χ0) is 78.3. The minimum Gasteiger partial charge on any atom is -0.480 e. The van der Waals surface area contributed by atoms with Gasteiger partial charge in [0, 0.05) is 99.9 Å². The molecule has 0 bridgehead atoms. The monoisotopic (exact) mass is 1500 g/mol. The highest BCUT2D eigenvalue weighted by atomic mass is 32.2. The third kappa shape index (κ3) is 29.7. The molecule has 37 nitrogen and oxygen atoms in total. The van der Waals surface area contributed by atoms with Gasteiger partial charge in [0.2, 0.25) is 65.0 Å². The number of aromatic nitrogens is 3. The maximum Gasteiger partial charge on any atom is 0.317 e. The minimum atomic E-state index is -1.39. The Bertz CT molecular complexity index is 3690. The maximum absolute atomic E-state index is 14.3. The fourth-order valence-corrected chi connectivity index (χ4v) is 11.7. The number of nitrogens with zero attached hydrogens (tertiary/aromatic N) is 6. The van der Waals surface area contributed by atoms with Gasteiger partial charge < -0.3 is 80.0 Å². The normalized spacial score (nSPS) is 15.5. The molecule has 0 saturated carbocycles. The van der Waals surface area contributed by atoms with E-state index in [4.69, 9.17) is 17.2 Å². The van der Waals surface area contributed by atoms with Gasteiger partial charge in [-0.25, -0.2) is 4.98 Å². The molecule has 1 aliphatic rings. The summed E-state index contributed by atoms with van der Waals surface area (Å²) in [5.41, 5.74) is 19.3. The smallest absolute Gasteiger partial charge is 0.317 e. The van der Waals surface area contributed by atoms with Crippen molar-refractivity contribution in [3.05, 3.63) is 84.1 Å². The van der Waals surface area contributed by atoms with Gasteiger partial charge in [0.05, 0.1) is 63.2 Å². The molecule has 0 radical (unpaired) electrons. The first-order chi connectivity index (χ1) is 50.2. The number of nitrogens with one attached hydrogen (secondary N) is 10. The number of carboxylic acids is 3. The van der Waals surface area contributed by atoms with Crippen LogP contribution in [0.4, 0.5) is 5.69 Å². The van der Waals surface area contributed by atoms with Crippen LogP contribution in [0.2, 0.25) is 0 Å². The number of carbonyl (C=O) groups is 15. The fraction of sp³-hybridized carbons (Fsp3) is 0.529. The second-order valence-corrected chi connectivity index (χ2v) is 27.4. The van der Waals surface area contributed by atoms with Crippen molar-refractivity contribution in [2.24, 2.45) is 29.0 Å². The number of aromatic amines is 1. The molecule has 7 atom stereocenters. The Kier molecular flexibility index (Phi) is 35.3. The van der Waals surface area contributed by atoms with Crippen LogP contribution in [0.5, 0.6) is 0 Å². The molecular formula is C68H99N19O18S. The van der Waals surface area contributed by atoms with E-state index in [9.17, 15) is 87.2 Å². The lowest BCUT2D eigenvalue weighted by atomic mass is 10.0. The number of aliphatic carboxylic acids is 3. The van der Waals surface area contributed by atoms with Crippen molar-refractivity contribution >= 4 is 117 Å². The number of thioether (sulfide) groups is 1. The lowest BCUT2D eigenvalue weighted by molar-refractivity contribution is -0.140. The molecule has 19 N–H and O–H groups in total. The highest BCUT2D eigenvalue weighted by molar-refractivity contribution is 7.98. The summed E-state index contributed by atoms with van der Waals surface area (Å²) in [7, 11) is 0. The first kappa shape index (κ1) is 86.4. The number of primary amides is 1. The first-order valence-electron chi connectivity index (χ1n) is 34.4. The summed E-state index contributed by atoms with van der Waals surface area (Å²) in [6.45, 7) is 7.18. The van der Waals surface area contributed by atoms with E-state index < -0.39 is 150 Å². The van der Waals surface area contributed by atoms with Crippen LogP contribution in [0.15, 0.2) is 67.3 Å². The summed E-state index contributed by atoms with van der Waals surface area (Å²) in [6, 6.07) is 3.53. The summed E-state index contributed by atoms with van der Waals surface area (Å²) >= 11 is 1.35. The molecule has 2 aromatic heterocycles. The first-order valence-corrected chi connectivity index (χ1v) is 35.8. The zero-order valence-electron chi connectivity index (χ0n) is 60.2. The van der Waals surface area contributed by atoms with Crippen molar-refractivity contribution < 1.29 is 87.2 Å². The van der Waals surface area contributed by atoms with E-state index in [1.807, 2.05) is 0 Å². The number of carboxylic acid groups (broad SMARTS) is 3. The predicted octanol–water partition coefficient (Wildman–Crippen LogP) is -3.79. The lowest BCUT2D eigenvalue weighted by Gasteiger charge is -2.32. The Labute approximate surface area is 616 Å². The van der Waals surface area contributed by atoms with Crippen molar-refractivity contribution in [3.8, 4) is 0 Å². The van der Waals surface area contributed by atoms with E-state index in [-0.39, 0.29) is 134 Å². The van der Waals surface area contributed by atoms with Crippen molar-refractivity contribution in [3.63, 3.8) is 0 Å². The second-order valence-electron chi connectivity index (χ2n) is 26.4. The number of imidazole rings is 1. The Morgan fingerprint density at radius 1 is 0.575 bits per heavy atom. The molecular weight excluding hydrogens is 1400 g/mol. The molecule has 1 saturated heterocycles. The van der Waals surface area contributed by atoms with Crippen molar-refractivity contribution in [1.29, 1.82) is 0 Å². The molecule has 5 rings (SSSR count). The SMILES string of the molecule is CSCC[C@H](NC(=O)[C@H](CC(C)C)NC(=O)[C@H](Cc1cnc[nH]1)NC(=O)CNC(=O)[C@@H](NC(=O)[C@H](C)NC(=O)[C@@H](N)Cc1cn(C(=O)[C@@H](N)CCC(N)=O)c2ccccc12)C(C)C)C(=O)NC(=O)c1ccc(NC(=O)CNC(=O)CN2CCN(CC(=O)O)CCN(CC(=O)O)CCN(CC(=O)O)CC2)cc1. The van der Waals surface area contributed by atoms with Crippen LogP contribution in [-0.2, 0) is 75.2 Å². The maximum atomic E-state index is 14.3. The summed E-state index contributed by atoms with van der Waals surface area (Å²) in [5.74, 6) is -12.6. The average molecular weight is 1500 g/mol. The van der Waals surface area contributed by atoms with Crippen LogP contribution >= 0.6 is 11.8 Å². The Hall–Kier alpha value is -10.2. The number of amides is 11. The second kappa shape index (κ2) is 43.3. The third-order valence-electron chi connectivity index (χ3n) is 17.0. The van der Waals surface area contributed by atoms with Crippen LogP contribution in [0.3, 0.4) is 0 Å². The van der Waals surface area contributed by atoms with Crippen molar-refractivity contribution in [1.82, 2.24) is 76.7 Å². The number of imide groups is 1. The van der Waals surface area contributed by atoms with Gasteiger partial charge in [0.1, 0.15) is 30.2 Å². The van der Waals surface area contributed by atoms with Crippen LogP contribution in [0.1, 0.15) is 86.7 Å². The van der Waals surface area contributed by atoms with E-state index in [2.05, 4.69) is 57.8 Å². The number of para-hydroxylation sites is 1. The summed E-state index contributed by atoms with van der Waals surface area (Å²) < 4.78 is 1.33. The fourth-order valence-electron chi connectivity index (χ4n) is 11.2. The zero-order valence-corrected chi connectivity index (χ0v) is 61.0. The number of anilines is 1. The number of fused-ring (bicyclic) bond motifs is 1. The Balaban J connectivity index is 1.14. The topological polar surface area (TPSA) is 550 Å². The summed E-state index contributed by atoms with van der Waals surface area (Å²) in [5, 5.41) is 52.1. The molecule has 1 aliphatic heterocycles. The van der Waals surface area contributed by atoms with Gasteiger partial charge in [-0.2, -0.15) is 11.8 Å². The number of H-pyrrole nitrogens is 1. The van der Waals surface area contributed by atoms with E-state index in [1.165, 1.54) is 66.2 Å². The van der Waals surface area contributed by atoms with Gasteiger partial charge in [-0.05, 0) is 92.3 Å². The Morgan fingerprint density at radius 2 is 1.13 bits per heavy atom. The predicted molar refractivity (Wildman–Crippen MR) is 388 cm³/mol. The van der Waals surface area contributed by atoms with Gasteiger partial charge in [-0.1, -0.05) is 45.9 Å². The minimum absolute atomic E-state index is 0.0156. The lowest BCUT2D eigenvalue weighted by Crippen LogP contribution is -2.59. The number of hydrogen-bond donors (Lipinski definition) is 16. The molecule has 106 heavy (non-hydrogen) atoms. The van der Waals surface area contributed by atoms with Gasteiger partial charge in [-0.15, -0.1) is 0 Å². The number of carbonyl (C=O) groups excluding carboxylic acids is 12. The molecule has 4 aromatic rings. The standard InChI is InChI=1S/C68H99N19O18S/c1-39(2)27-50(65(102)79-49(17-26-106-6)64(101)82-62(99)42-11-13-44(14-12-42)77-54(89)31-73-56(91)34-83-18-20-84(35-57(92)93)22-24-86(37-59(96)97)25-23-85(21-19-83)36-58(94)95)80-66(103)51(29-45-30-72-38-75-45)78-55(90)32-74-67(104)60(40(3)4)81-61(98)41(5)76-63(100)48(70)28-43-33-87(52-10-8-7-9-46(43)52)68(105)47(69)15-16-53(71)88/h7-14,30,33,38-41,47-51,60H,15-29,31-32,34-37,69-70H2,1-6H3,(H2,71,88)(H,72,75)(H,73,91)(H,74,104)(H,76,100)(H,77,89)(H,78,90)(H,79,102)(H,80,103)(H,81,98)(H,92,93)(H,94,95)(H,96,97)(H,82,99,101)/t41-,47-,48-,49-,50-,51-,60-/m0/s1. The highest BCUT2D eigenvalue weighted by Crippen LogP contribution is 2.24. The average Bonchev–Trinajstić information content (AvgIpc) is 1.64. The molecule has 3 heterocycles. The molecule has 1 fully saturated rings. The molecule has 0 unspecified atom stereocenters. The number of rotatable bonds is 39. The van der Waals surface area contributed by atoms with Gasteiger partial charge in [0.25, 0.3) is 5.91 Å². The largest absolute Gasteiger partial charge is 0.480 e. The van der Waals surface area contributed by atoms with E-state index in [0.717, 1.165) is 0 Å². The van der Waals surface area contributed by atoms with Gasteiger partial charge in [-0.3, -0.25) is 101 Å². The molecule has 580 valence electrons. The van der Waals surface area contributed by atoms with Gasteiger partial charge >= 0.3 is 17.9 Å². The highest BCUT2D eigenvalue weighted by Gasteiger charge is 2.34. The van der Waals surface area contributed by atoms with Crippen LogP contribution in [0.25, 0.3) is 10.9 Å². The molecule has 0 aliphatic carbocycles. The molecule has 0 spiro atoms. The number of hydrogen-bond acceptors (Lipinski definition) is 23. The van der Waals surface area contributed by atoms with Crippen molar-refractivity contribution in [2.45, 2.75) is 115 Å². The van der Waals surface area contributed by atoms with E-state index >= 15 is 0 Å². The quantitative estimate of drug-likeness (QED) is 0.0204. The number of nitrogens with two attached hydrogens (primary N) is 3. The third-order valence-corrected chi connectivity index (χ3v) is 17.6. The Morgan fingerprint density at radius 3 is 1.67 bits per heavy atom. The van der Waals surface area contributed by atoms with Crippen LogP contribution in [-0.4, -0.2) is 284 Å². The van der Waals surface area contributed by atoms with Crippen LogP contribution < -0.4 is 65.1 Å².